The number of hydrogen-bond acceptors (Lipinski definition) is 6. The summed E-state index contributed by atoms with van der Waals surface area (Å²) in [6.07, 6.45) is 0.326. The fourth-order valence-electron chi connectivity index (χ4n) is 3.15. The minimum atomic E-state index is -0.315. The zero-order chi connectivity index (χ0) is 23.2. The number of nitrogens with one attached hydrogen (secondary N) is 2. The SMILES string of the molecule is COc1ccc2nc(NC(=O)C(C)Sc3ccc(NC(=O)Cc4ccccc4)cc3)sc2c1. The molecule has 1 aromatic heterocycles. The first-order valence-corrected chi connectivity index (χ1v) is 12.1. The first kappa shape index (κ1) is 22.8. The molecular weight excluding hydrogens is 454 g/mol. The van der Waals surface area contributed by atoms with Crippen LogP contribution >= 0.6 is 23.1 Å². The summed E-state index contributed by atoms with van der Waals surface area (Å²) in [7, 11) is 1.62. The van der Waals surface area contributed by atoms with Gasteiger partial charge in [-0.15, -0.1) is 11.8 Å². The Morgan fingerprint density at radius 2 is 1.79 bits per heavy atom. The number of rotatable bonds is 8. The molecule has 1 heterocycles. The van der Waals surface area contributed by atoms with Crippen LogP contribution in [0.15, 0.2) is 77.7 Å². The lowest BCUT2D eigenvalue weighted by molar-refractivity contribution is -0.116. The smallest absolute Gasteiger partial charge is 0.239 e. The molecule has 1 unspecified atom stereocenters. The van der Waals surface area contributed by atoms with Crippen molar-refractivity contribution in [3.05, 3.63) is 78.4 Å². The van der Waals surface area contributed by atoms with Gasteiger partial charge in [-0.25, -0.2) is 4.98 Å². The van der Waals surface area contributed by atoms with Crippen molar-refractivity contribution in [1.29, 1.82) is 0 Å². The lowest BCUT2D eigenvalue weighted by Gasteiger charge is -2.11. The second-order valence-electron chi connectivity index (χ2n) is 7.34. The molecule has 4 aromatic rings. The molecule has 8 heteroatoms. The number of hydrogen-bond donors (Lipinski definition) is 2. The molecule has 0 saturated carbocycles. The Hall–Kier alpha value is -3.36. The number of thiazole rings is 1. The molecule has 33 heavy (non-hydrogen) atoms. The summed E-state index contributed by atoms with van der Waals surface area (Å²) in [4.78, 5) is 30.3. The summed E-state index contributed by atoms with van der Waals surface area (Å²) in [5, 5.41) is 6.05. The van der Waals surface area contributed by atoms with Crippen LogP contribution in [0.25, 0.3) is 10.2 Å². The van der Waals surface area contributed by atoms with E-state index in [1.807, 2.05) is 79.7 Å². The standard InChI is InChI=1S/C25H23N3O3S2/c1-16(24(30)28-25-27-21-13-10-19(31-2)15-22(21)33-25)32-20-11-8-18(9-12-20)26-23(29)14-17-6-4-3-5-7-17/h3-13,15-16H,14H2,1-2H3,(H,26,29)(H,27,28,30). The topological polar surface area (TPSA) is 80.3 Å². The lowest BCUT2D eigenvalue weighted by Crippen LogP contribution is -2.22. The monoisotopic (exact) mass is 477 g/mol. The normalized spacial score (nSPS) is 11.7. The summed E-state index contributed by atoms with van der Waals surface area (Å²) < 4.78 is 6.19. The van der Waals surface area contributed by atoms with E-state index in [0.29, 0.717) is 11.6 Å². The van der Waals surface area contributed by atoms with Gasteiger partial charge in [0.05, 0.1) is 29.0 Å². The number of carbonyl (C=O) groups excluding carboxylic acids is 2. The molecule has 0 radical (unpaired) electrons. The first-order chi connectivity index (χ1) is 16.0. The Bertz CT molecular complexity index is 1260. The number of methoxy groups -OCH3 is 1. The van der Waals surface area contributed by atoms with Gasteiger partial charge in [0.25, 0.3) is 0 Å². The predicted molar refractivity (Wildman–Crippen MR) is 135 cm³/mol. The van der Waals surface area contributed by atoms with Gasteiger partial charge in [0.2, 0.25) is 11.8 Å². The van der Waals surface area contributed by atoms with Crippen LogP contribution in [-0.4, -0.2) is 29.2 Å². The minimum Gasteiger partial charge on any atom is -0.497 e. The van der Waals surface area contributed by atoms with Gasteiger partial charge in [0.1, 0.15) is 5.75 Å². The maximum Gasteiger partial charge on any atom is 0.239 e. The van der Waals surface area contributed by atoms with Crippen molar-refractivity contribution in [1.82, 2.24) is 4.98 Å². The molecule has 0 spiro atoms. The van der Waals surface area contributed by atoms with Gasteiger partial charge in [0.15, 0.2) is 5.13 Å². The van der Waals surface area contributed by atoms with Gasteiger partial charge >= 0.3 is 0 Å². The van der Waals surface area contributed by atoms with E-state index in [9.17, 15) is 9.59 Å². The molecule has 0 saturated heterocycles. The maximum absolute atomic E-state index is 12.7. The van der Waals surface area contributed by atoms with Crippen LogP contribution in [0.3, 0.4) is 0 Å². The fraction of sp³-hybridized carbons (Fsp3) is 0.160. The summed E-state index contributed by atoms with van der Waals surface area (Å²) in [5.41, 5.74) is 2.51. The number of amides is 2. The van der Waals surface area contributed by atoms with E-state index in [0.717, 1.165) is 32.1 Å². The Balaban J connectivity index is 1.31. The van der Waals surface area contributed by atoms with Crippen molar-refractivity contribution in [2.75, 3.05) is 17.7 Å². The quantitative estimate of drug-likeness (QED) is 0.323. The van der Waals surface area contributed by atoms with Crippen LogP contribution < -0.4 is 15.4 Å². The minimum absolute atomic E-state index is 0.0668. The van der Waals surface area contributed by atoms with E-state index in [1.165, 1.54) is 23.1 Å². The van der Waals surface area contributed by atoms with Crippen molar-refractivity contribution < 1.29 is 14.3 Å². The van der Waals surface area contributed by atoms with Crippen LogP contribution in [0, 0.1) is 0 Å². The van der Waals surface area contributed by atoms with E-state index in [1.54, 1.807) is 7.11 Å². The molecular formula is C25H23N3O3S2. The zero-order valence-electron chi connectivity index (χ0n) is 18.2. The number of anilines is 2. The van der Waals surface area contributed by atoms with E-state index < -0.39 is 0 Å². The van der Waals surface area contributed by atoms with Crippen molar-refractivity contribution in [2.45, 2.75) is 23.5 Å². The largest absolute Gasteiger partial charge is 0.497 e. The zero-order valence-corrected chi connectivity index (χ0v) is 19.8. The lowest BCUT2D eigenvalue weighted by atomic mass is 10.1. The molecule has 0 fully saturated rings. The Morgan fingerprint density at radius 1 is 1.03 bits per heavy atom. The van der Waals surface area contributed by atoms with Crippen LogP contribution in [0.2, 0.25) is 0 Å². The molecule has 1 atom stereocenters. The molecule has 0 aliphatic heterocycles. The van der Waals surface area contributed by atoms with Crippen LogP contribution in [0.4, 0.5) is 10.8 Å². The maximum atomic E-state index is 12.7. The molecule has 3 aromatic carbocycles. The highest BCUT2D eigenvalue weighted by Crippen LogP contribution is 2.30. The number of fused-ring (bicyclic) bond motifs is 1. The number of carbonyl (C=O) groups is 2. The predicted octanol–water partition coefficient (Wildman–Crippen LogP) is 5.61. The van der Waals surface area contributed by atoms with Crippen molar-refractivity contribution >= 4 is 55.9 Å². The molecule has 168 valence electrons. The first-order valence-electron chi connectivity index (χ1n) is 10.4. The van der Waals surface area contributed by atoms with E-state index in [2.05, 4.69) is 15.6 Å². The third kappa shape index (κ3) is 6.12. The molecule has 2 amide bonds. The van der Waals surface area contributed by atoms with Gasteiger partial charge in [-0.1, -0.05) is 41.7 Å². The second kappa shape index (κ2) is 10.5. The van der Waals surface area contributed by atoms with Crippen LogP contribution in [0.5, 0.6) is 5.75 Å². The Kier molecular flexibility index (Phi) is 7.26. The molecule has 0 bridgehead atoms. The Labute approximate surface area is 200 Å². The summed E-state index contributed by atoms with van der Waals surface area (Å²) >= 11 is 2.86. The van der Waals surface area contributed by atoms with Crippen LogP contribution in [-0.2, 0) is 16.0 Å². The number of ether oxygens (including phenoxy) is 1. The van der Waals surface area contributed by atoms with E-state index >= 15 is 0 Å². The molecule has 2 N–H and O–H groups in total. The van der Waals surface area contributed by atoms with Gasteiger partial charge in [-0.2, -0.15) is 0 Å². The second-order valence-corrected chi connectivity index (χ2v) is 9.78. The van der Waals surface area contributed by atoms with Gasteiger partial charge in [-0.05, 0) is 55.0 Å². The average molecular weight is 478 g/mol. The summed E-state index contributed by atoms with van der Waals surface area (Å²) in [5.74, 6) is 0.571. The number of thioether (sulfide) groups is 1. The van der Waals surface area contributed by atoms with Crippen molar-refractivity contribution in [3.63, 3.8) is 0 Å². The van der Waals surface area contributed by atoms with Crippen LogP contribution in [0.1, 0.15) is 12.5 Å². The summed E-state index contributed by atoms with van der Waals surface area (Å²) in [6.45, 7) is 1.85. The highest BCUT2D eigenvalue weighted by atomic mass is 32.2. The molecule has 0 aliphatic carbocycles. The molecule has 4 rings (SSSR count). The van der Waals surface area contributed by atoms with E-state index in [4.69, 9.17) is 4.74 Å². The molecule has 0 aliphatic rings. The number of nitrogens with zero attached hydrogens (tertiary/aromatic N) is 1. The van der Waals surface area contributed by atoms with Crippen molar-refractivity contribution in [3.8, 4) is 5.75 Å². The summed E-state index contributed by atoms with van der Waals surface area (Å²) in [6, 6.07) is 22.7. The molecule has 6 nitrogen and oxygen atoms in total. The number of benzene rings is 3. The highest BCUT2D eigenvalue weighted by Gasteiger charge is 2.17. The van der Waals surface area contributed by atoms with Gasteiger partial charge < -0.3 is 15.4 Å². The Morgan fingerprint density at radius 3 is 2.52 bits per heavy atom. The third-order valence-corrected chi connectivity index (χ3v) is 6.90. The van der Waals surface area contributed by atoms with E-state index in [-0.39, 0.29) is 17.1 Å². The fourth-order valence-corrected chi connectivity index (χ4v) is 4.92. The van der Waals surface area contributed by atoms with Crippen molar-refractivity contribution in [2.24, 2.45) is 0 Å². The highest BCUT2D eigenvalue weighted by molar-refractivity contribution is 8.00. The number of aromatic nitrogens is 1. The average Bonchev–Trinajstić information content (AvgIpc) is 3.22. The van der Waals surface area contributed by atoms with Gasteiger partial charge in [0, 0.05) is 10.6 Å². The van der Waals surface area contributed by atoms with Gasteiger partial charge in [-0.3, -0.25) is 9.59 Å². The third-order valence-electron chi connectivity index (χ3n) is 4.85.